The third kappa shape index (κ3) is 3.58. The van der Waals surface area contributed by atoms with E-state index in [1.807, 2.05) is 13.0 Å². The summed E-state index contributed by atoms with van der Waals surface area (Å²) in [6, 6.07) is 5.34. The predicted octanol–water partition coefficient (Wildman–Crippen LogP) is 4.14. The number of halogens is 3. The van der Waals surface area contributed by atoms with Crippen molar-refractivity contribution in [2.24, 2.45) is 0 Å². The molecule has 0 atom stereocenters. The first-order valence-electron chi connectivity index (χ1n) is 6.29. The first kappa shape index (κ1) is 15.0. The van der Waals surface area contributed by atoms with Crippen LogP contribution >= 0.6 is 23.2 Å². The fraction of sp³-hybridized carbons (Fsp3) is 0.286. The minimum Gasteiger partial charge on any atom is -0.367 e. The Morgan fingerprint density at radius 3 is 2.75 bits per heavy atom. The zero-order chi connectivity index (χ0) is 14.5. The average Bonchev–Trinajstić information content (AvgIpc) is 2.43. The lowest BCUT2D eigenvalue weighted by atomic mass is 10.1. The highest BCUT2D eigenvalue weighted by Crippen LogP contribution is 2.21. The number of anilines is 1. The van der Waals surface area contributed by atoms with E-state index < -0.39 is 5.82 Å². The van der Waals surface area contributed by atoms with Crippen LogP contribution in [0.2, 0.25) is 10.0 Å². The average molecular weight is 314 g/mol. The van der Waals surface area contributed by atoms with Crippen molar-refractivity contribution < 1.29 is 4.39 Å². The van der Waals surface area contributed by atoms with Gasteiger partial charge >= 0.3 is 0 Å². The number of hydrogen-bond acceptors (Lipinski definition) is 3. The molecule has 0 aliphatic carbocycles. The fourth-order valence-corrected chi connectivity index (χ4v) is 2.32. The third-order valence-electron chi connectivity index (χ3n) is 2.90. The van der Waals surface area contributed by atoms with Gasteiger partial charge in [0.2, 0.25) is 0 Å². The van der Waals surface area contributed by atoms with Crippen molar-refractivity contribution in [2.45, 2.75) is 19.8 Å². The van der Waals surface area contributed by atoms with Crippen molar-refractivity contribution in [3.8, 4) is 0 Å². The van der Waals surface area contributed by atoms with E-state index in [9.17, 15) is 4.39 Å². The lowest BCUT2D eigenvalue weighted by Gasteiger charge is -2.09. The smallest absolute Gasteiger partial charge is 0.186 e. The molecular weight excluding hydrogens is 300 g/mol. The molecule has 0 fully saturated rings. The Bertz CT molecular complexity index is 605. The van der Waals surface area contributed by atoms with Gasteiger partial charge in [-0.05, 0) is 30.5 Å². The van der Waals surface area contributed by atoms with Gasteiger partial charge in [0.05, 0.1) is 5.69 Å². The third-order valence-corrected chi connectivity index (χ3v) is 3.49. The molecule has 3 nitrogen and oxygen atoms in total. The first-order chi connectivity index (χ1) is 9.61. The minimum absolute atomic E-state index is 0.224. The molecular formula is C14H14Cl2FN3. The van der Waals surface area contributed by atoms with Gasteiger partial charge in [0.15, 0.2) is 11.6 Å². The second kappa shape index (κ2) is 6.86. The predicted molar refractivity (Wildman–Crippen MR) is 80.0 cm³/mol. The van der Waals surface area contributed by atoms with E-state index >= 15 is 0 Å². The zero-order valence-corrected chi connectivity index (χ0v) is 12.5. The molecule has 0 saturated carbocycles. The molecule has 0 aliphatic rings. The Morgan fingerprint density at radius 1 is 1.25 bits per heavy atom. The van der Waals surface area contributed by atoms with Gasteiger partial charge in [-0.25, -0.2) is 14.4 Å². The molecule has 106 valence electrons. The maximum atomic E-state index is 13.9. The molecule has 0 bridgehead atoms. The van der Waals surface area contributed by atoms with Crippen LogP contribution in [0.25, 0.3) is 0 Å². The second-order valence-corrected chi connectivity index (χ2v) is 5.09. The van der Waals surface area contributed by atoms with E-state index in [4.69, 9.17) is 23.2 Å². The number of hydrogen-bond donors (Lipinski definition) is 1. The number of rotatable bonds is 5. The molecule has 1 N–H and O–H groups in total. The van der Waals surface area contributed by atoms with Gasteiger partial charge in [-0.15, -0.1) is 0 Å². The van der Waals surface area contributed by atoms with E-state index in [1.54, 1.807) is 12.1 Å². The van der Waals surface area contributed by atoms with Crippen LogP contribution in [0.15, 0.2) is 24.5 Å². The Balaban J connectivity index is 1.99. The topological polar surface area (TPSA) is 37.8 Å². The summed E-state index contributed by atoms with van der Waals surface area (Å²) < 4.78 is 13.9. The summed E-state index contributed by atoms with van der Waals surface area (Å²) in [6.07, 6.45) is 2.55. The maximum Gasteiger partial charge on any atom is 0.186 e. The molecule has 6 heteroatoms. The molecule has 1 aromatic heterocycles. The van der Waals surface area contributed by atoms with Crippen LogP contribution in [0.3, 0.4) is 0 Å². The van der Waals surface area contributed by atoms with Crippen LogP contribution < -0.4 is 5.32 Å². The van der Waals surface area contributed by atoms with E-state index in [0.29, 0.717) is 35.1 Å². The Hall–Kier alpha value is -1.39. The zero-order valence-electron chi connectivity index (χ0n) is 11.0. The van der Waals surface area contributed by atoms with Gasteiger partial charge in [0.1, 0.15) is 6.33 Å². The number of nitrogens with one attached hydrogen (secondary N) is 1. The van der Waals surface area contributed by atoms with Crippen molar-refractivity contribution in [1.82, 2.24) is 9.97 Å². The Labute approximate surface area is 127 Å². The van der Waals surface area contributed by atoms with E-state index in [2.05, 4.69) is 15.3 Å². The van der Waals surface area contributed by atoms with Crippen molar-refractivity contribution in [2.75, 3.05) is 11.9 Å². The summed E-state index contributed by atoms with van der Waals surface area (Å²) in [5, 5.41) is 4.17. The van der Waals surface area contributed by atoms with Gasteiger partial charge in [0, 0.05) is 16.6 Å². The summed E-state index contributed by atoms with van der Waals surface area (Å²) in [5.74, 6) is -0.167. The molecule has 0 amide bonds. The summed E-state index contributed by atoms with van der Waals surface area (Å²) in [7, 11) is 0. The van der Waals surface area contributed by atoms with Gasteiger partial charge in [-0.2, -0.15) is 0 Å². The molecule has 1 heterocycles. The van der Waals surface area contributed by atoms with Crippen LogP contribution in [0.1, 0.15) is 18.2 Å². The van der Waals surface area contributed by atoms with Crippen LogP contribution in [0.4, 0.5) is 10.2 Å². The van der Waals surface area contributed by atoms with Gasteiger partial charge in [0.25, 0.3) is 0 Å². The molecule has 0 unspecified atom stereocenters. The number of aryl methyl sites for hydroxylation is 1. The highest BCUT2D eigenvalue weighted by atomic mass is 35.5. The van der Waals surface area contributed by atoms with Crippen molar-refractivity contribution in [1.29, 1.82) is 0 Å². The summed E-state index contributed by atoms with van der Waals surface area (Å²) in [4.78, 5) is 7.79. The highest BCUT2D eigenvalue weighted by molar-refractivity contribution is 6.35. The molecule has 20 heavy (non-hydrogen) atoms. The number of nitrogens with zero attached hydrogens (tertiary/aromatic N) is 2. The Morgan fingerprint density at radius 2 is 2.05 bits per heavy atom. The standard InChI is InChI=1S/C14H14Cl2FN3/c1-2-12-13(17)14(20-8-19-12)18-6-5-9-3-4-10(15)7-11(9)16/h3-4,7-8H,2,5-6H2,1H3,(H,18,19,20). The second-order valence-electron chi connectivity index (χ2n) is 4.25. The quantitative estimate of drug-likeness (QED) is 0.901. The molecule has 0 saturated heterocycles. The first-order valence-corrected chi connectivity index (χ1v) is 7.04. The molecule has 0 aliphatic heterocycles. The molecule has 2 aromatic rings. The number of aromatic nitrogens is 2. The van der Waals surface area contributed by atoms with E-state index in [-0.39, 0.29) is 5.82 Å². The highest BCUT2D eigenvalue weighted by Gasteiger charge is 2.09. The summed E-state index contributed by atoms with van der Waals surface area (Å²) in [5.41, 5.74) is 1.36. The van der Waals surface area contributed by atoms with Crippen LogP contribution in [-0.4, -0.2) is 16.5 Å². The normalized spacial score (nSPS) is 10.6. The van der Waals surface area contributed by atoms with Gasteiger partial charge in [-0.1, -0.05) is 36.2 Å². The largest absolute Gasteiger partial charge is 0.367 e. The Kier molecular flexibility index (Phi) is 5.15. The van der Waals surface area contributed by atoms with Crippen molar-refractivity contribution >= 4 is 29.0 Å². The summed E-state index contributed by atoms with van der Waals surface area (Å²) >= 11 is 11.9. The monoisotopic (exact) mass is 313 g/mol. The summed E-state index contributed by atoms with van der Waals surface area (Å²) in [6.45, 7) is 2.38. The van der Waals surface area contributed by atoms with Crippen LogP contribution in [0.5, 0.6) is 0 Å². The maximum absolute atomic E-state index is 13.9. The minimum atomic E-state index is -0.391. The van der Waals surface area contributed by atoms with E-state index in [1.165, 1.54) is 6.33 Å². The molecule has 0 radical (unpaired) electrons. The van der Waals surface area contributed by atoms with Gasteiger partial charge < -0.3 is 5.32 Å². The van der Waals surface area contributed by atoms with Crippen molar-refractivity contribution in [3.05, 3.63) is 51.6 Å². The van der Waals surface area contributed by atoms with Crippen LogP contribution in [-0.2, 0) is 12.8 Å². The lowest BCUT2D eigenvalue weighted by molar-refractivity contribution is 0.596. The lowest BCUT2D eigenvalue weighted by Crippen LogP contribution is -2.10. The molecule has 1 aromatic carbocycles. The molecule has 0 spiro atoms. The SMILES string of the molecule is CCc1ncnc(NCCc2ccc(Cl)cc2Cl)c1F. The van der Waals surface area contributed by atoms with Gasteiger partial charge in [-0.3, -0.25) is 0 Å². The van der Waals surface area contributed by atoms with E-state index in [0.717, 1.165) is 5.56 Å². The fourth-order valence-electron chi connectivity index (χ4n) is 1.82. The molecule has 2 rings (SSSR count). The van der Waals surface area contributed by atoms with Crippen LogP contribution in [0, 0.1) is 5.82 Å². The van der Waals surface area contributed by atoms with Crippen molar-refractivity contribution in [3.63, 3.8) is 0 Å². The number of benzene rings is 1.